The lowest BCUT2D eigenvalue weighted by atomic mass is 9.89. The highest BCUT2D eigenvalue weighted by Crippen LogP contribution is 2.40. The van der Waals surface area contributed by atoms with E-state index < -0.39 is 5.60 Å². The molecule has 1 aliphatic heterocycles. The number of benzene rings is 3. The van der Waals surface area contributed by atoms with E-state index in [9.17, 15) is 9.90 Å². The van der Waals surface area contributed by atoms with Gasteiger partial charge in [0.25, 0.3) is 0 Å². The van der Waals surface area contributed by atoms with Gasteiger partial charge in [-0.05, 0) is 55.7 Å². The van der Waals surface area contributed by atoms with E-state index in [4.69, 9.17) is 9.47 Å². The number of aliphatic hydroxyl groups is 1. The molecule has 1 aliphatic rings. The number of carbonyl (C=O) groups is 1. The third kappa shape index (κ3) is 4.88. The molecule has 4 rings (SSSR count). The van der Waals surface area contributed by atoms with Gasteiger partial charge in [0.15, 0.2) is 0 Å². The molecule has 172 valence electrons. The van der Waals surface area contributed by atoms with Gasteiger partial charge in [-0.15, -0.1) is 0 Å². The molecule has 0 saturated carbocycles. The molecule has 2 atom stereocenters. The van der Waals surface area contributed by atoms with Crippen LogP contribution in [0.15, 0.2) is 66.7 Å². The van der Waals surface area contributed by atoms with Crippen molar-refractivity contribution in [1.29, 1.82) is 0 Å². The summed E-state index contributed by atoms with van der Waals surface area (Å²) in [5.41, 5.74) is 4.82. The quantitative estimate of drug-likeness (QED) is 0.481. The number of nitrogens with zero attached hydrogens (tertiary/aromatic N) is 1. The summed E-state index contributed by atoms with van der Waals surface area (Å²) < 4.78 is 10.6. The molecular formula is C28H31NO4. The van der Waals surface area contributed by atoms with Gasteiger partial charge < -0.3 is 19.5 Å². The Kier molecular flexibility index (Phi) is 6.43. The number of anilines is 1. The summed E-state index contributed by atoms with van der Waals surface area (Å²) in [4.78, 5) is 14.4. The zero-order valence-corrected chi connectivity index (χ0v) is 19.7. The Hall–Kier alpha value is -3.31. The molecule has 0 amide bonds. The minimum Gasteiger partial charge on any atom is -0.497 e. The molecule has 2 unspecified atom stereocenters. The normalized spacial score (nSPS) is 15.4. The number of esters is 1. The molecule has 0 radical (unpaired) electrons. The summed E-state index contributed by atoms with van der Waals surface area (Å²) in [5, 5.41) is 11.2. The lowest BCUT2D eigenvalue weighted by Gasteiger charge is -2.35. The van der Waals surface area contributed by atoms with Gasteiger partial charge in [0, 0.05) is 36.3 Å². The lowest BCUT2D eigenvalue weighted by molar-refractivity contribution is 0.0454. The number of rotatable bonds is 8. The van der Waals surface area contributed by atoms with E-state index in [1.165, 1.54) is 0 Å². The van der Waals surface area contributed by atoms with Crippen LogP contribution in [0.3, 0.4) is 0 Å². The van der Waals surface area contributed by atoms with Crippen molar-refractivity contribution in [3.63, 3.8) is 0 Å². The Bertz CT molecular complexity index is 1120. The molecule has 5 heteroatoms. The maximum atomic E-state index is 12.2. The third-order valence-electron chi connectivity index (χ3n) is 6.44. The van der Waals surface area contributed by atoms with Crippen molar-refractivity contribution in [1.82, 2.24) is 0 Å². The van der Waals surface area contributed by atoms with Crippen molar-refractivity contribution in [3.05, 3.63) is 83.4 Å². The first-order valence-electron chi connectivity index (χ1n) is 11.3. The van der Waals surface area contributed by atoms with Crippen molar-refractivity contribution in [2.45, 2.75) is 44.9 Å². The second-order valence-electron chi connectivity index (χ2n) is 9.11. The zero-order valence-electron chi connectivity index (χ0n) is 19.7. The van der Waals surface area contributed by atoms with Gasteiger partial charge in [0.05, 0.1) is 18.3 Å². The molecular weight excluding hydrogens is 414 g/mol. The molecule has 5 nitrogen and oxygen atoms in total. The van der Waals surface area contributed by atoms with E-state index in [1.54, 1.807) is 7.11 Å². The van der Waals surface area contributed by atoms with Gasteiger partial charge in [-0.2, -0.15) is 0 Å². The van der Waals surface area contributed by atoms with Crippen LogP contribution in [0.2, 0.25) is 0 Å². The van der Waals surface area contributed by atoms with Crippen molar-refractivity contribution in [2.75, 3.05) is 19.1 Å². The monoisotopic (exact) mass is 445 g/mol. The molecule has 33 heavy (non-hydrogen) atoms. The topological polar surface area (TPSA) is 59.0 Å². The largest absolute Gasteiger partial charge is 0.497 e. The molecule has 0 spiro atoms. The molecule has 0 bridgehead atoms. The number of methoxy groups -OCH3 is 1. The van der Waals surface area contributed by atoms with Gasteiger partial charge in [0.1, 0.15) is 12.4 Å². The molecule has 0 fully saturated rings. The first-order valence-corrected chi connectivity index (χ1v) is 11.3. The lowest BCUT2D eigenvalue weighted by Crippen LogP contribution is -2.39. The average molecular weight is 446 g/mol. The van der Waals surface area contributed by atoms with Crippen LogP contribution in [-0.4, -0.2) is 36.9 Å². The van der Waals surface area contributed by atoms with Gasteiger partial charge in [-0.1, -0.05) is 42.5 Å². The number of hydrogen-bond donors (Lipinski definition) is 1. The van der Waals surface area contributed by atoms with Crippen LogP contribution < -0.4 is 9.64 Å². The number of carbonyl (C=O) groups excluding carboxylic acids is 1. The average Bonchev–Trinajstić information content (AvgIpc) is 3.19. The summed E-state index contributed by atoms with van der Waals surface area (Å²) >= 11 is 0. The van der Waals surface area contributed by atoms with Crippen LogP contribution in [-0.2, 0) is 17.8 Å². The zero-order chi connectivity index (χ0) is 23.6. The third-order valence-corrected chi connectivity index (χ3v) is 6.44. The smallest absolute Gasteiger partial charge is 0.338 e. The van der Waals surface area contributed by atoms with E-state index >= 15 is 0 Å². The van der Waals surface area contributed by atoms with Crippen molar-refractivity contribution >= 4 is 11.7 Å². The predicted molar refractivity (Wildman–Crippen MR) is 131 cm³/mol. The Labute approximate surface area is 195 Å². The van der Waals surface area contributed by atoms with Crippen LogP contribution in [0.4, 0.5) is 5.69 Å². The van der Waals surface area contributed by atoms with Crippen LogP contribution in [0.25, 0.3) is 11.1 Å². The SMILES string of the molecule is COc1ccc(CC(C)(O)CC(C)N(C)c2ccc3c(c2-c2ccccc2)COC3=O)cc1. The van der Waals surface area contributed by atoms with Gasteiger partial charge in [-0.25, -0.2) is 4.79 Å². The maximum absolute atomic E-state index is 12.2. The minimum absolute atomic E-state index is 0.0526. The summed E-state index contributed by atoms with van der Waals surface area (Å²) in [6.45, 7) is 4.28. The fraction of sp³-hybridized carbons (Fsp3) is 0.321. The van der Waals surface area contributed by atoms with Crippen LogP contribution in [0.5, 0.6) is 5.75 Å². The Morgan fingerprint density at radius 3 is 2.45 bits per heavy atom. The first-order chi connectivity index (χ1) is 15.8. The second-order valence-corrected chi connectivity index (χ2v) is 9.11. The summed E-state index contributed by atoms with van der Waals surface area (Å²) in [6, 6.07) is 21.8. The summed E-state index contributed by atoms with van der Waals surface area (Å²) in [6.07, 6.45) is 1.13. The number of hydrogen-bond acceptors (Lipinski definition) is 5. The standard InChI is InChI=1S/C28H31NO4/c1-19(16-28(2,31)17-20-10-12-22(32-4)13-11-20)29(3)25-15-14-23-24(18-33-27(23)30)26(25)21-8-6-5-7-9-21/h5-15,19,31H,16-18H2,1-4H3. The van der Waals surface area contributed by atoms with Crippen molar-refractivity contribution < 1.29 is 19.4 Å². The fourth-order valence-electron chi connectivity index (χ4n) is 4.68. The maximum Gasteiger partial charge on any atom is 0.338 e. The van der Waals surface area contributed by atoms with Gasteiger partial charge in [-0.3, -0.25) is 0 Å². The Balaban J connectivity index is 1.59. The van der Waals surface area contributed by atoms with E-state index in [2.05, 4.69) is 24.0 Å². The summed E-state index contributed by atoms with van der Waals surface area (Å²) in [7, 11) is 3.69. The summed E-state index contributed by atoms with van der Waals surface area (Å²) in [5.74, 6) is 0.533. The van der Waals surface area contributed by atoms with E-state index in [1.807, 2.05) is 68.6 Å². The predicted octanol–water partition coefficient (Wildman–Crippen LogP) is 5.24. The molecule has 0 aromatic heterocycles. The number of cyclic esters (lactones) is 1. The second kappa shape index (κ2) is 9.28. The Morgan fingerprint density at radius 2 is 1.79 bits per heavy atom. The van der Waals surface area contributed by atoms with E-state index in [0.29, 0.717) is 18.4 Å². The highest BCUT2D eigenvalue weighted by atomic mass is 16.5. The van der Waals surface area contributed by atoms with Crippen LogP contribution in [0, 0.1) is 0 Å². The van der Waals surface area contributed by atoms with Crippen LogP contribution >= 0.6 is 0 Å². The fourth-order valence-corrected chi connectivity index (χ4v) is 4.68. The molecule has 1 heterocycles. The Morgan fingerprint density at radius 1 is 1.09 bits per heavy atom. The number of fused-ring (bicyclic) bond motifs is 1. The van der Waals surface area contributed by atoms with Gasteiger partial charge >= 0.3 is 5.97 Å². The van der Waals surface area contributed by atoms with E-state index in [-0.39, 0.29) is 18.6 Å². The number of ether oxygens (including phenoxy) is 2. The van der Waals surface area contributed by atoms with Crippen molar-refractivity contribution in [3.8, 4) is 16.9 Å². The van der Waals surface area contributed by atoms with Gasteiger partial charge in [0.2, 0.25) is 0 Å². The highest BCUT2D eigenvalue weighted by Gasteiger charge is 2.30. The molecule has 3 aromatic rings. The molecule has 0 aliphatic carbocycles. The molecule has 0 saturated heterocycles. The van der Waals surface area contributed by atoms with E-state index in [0.717, 1.165) is 33.7 Å². The van der Waals surface area contributed by atoms with Crippen LogP contribution in [0.1, 0.15) is 41.8 Å². The molecule has 3 aromatic carbocycles. The minimum atomic E-state index is -0.884. The highest BCUT2D eigenvalue weighted by molar-refractivity contribution is 5.98. The van der Waals surface area contributed by atoms with Crippen molar-refractivity contribution in [2.24, 2.45) is 0 Å². The first kappa shape index (κ1) is 22.9. The molecule has 1 N–H and O–H groups in total.